The number of hydrogen-bond acceptors (Lipinski definition) is 3. The van der Waals surface area contributed by atoms with Crippen LogP contribution in [0.25, 0.3) is 0 Å². The first-order valence-corrected chi connectivity index (χ1v) is 6.78. The summed E-state index contributed by atoms with van der Waals surface area (Å²) >= 11 is 0. The molecule has 3 N–H and O–H groups in total. The van der Waals surface area contributed by atoms with Crippen LogP contribution in [0.15, 0.2) is 6.07 Å². The lowest BCUT2D eigenvalue weighted by atomic mass is 10.2. The van der Waals surface area contributed by atoms with Gasteiger partial charge in [0.1, 0.15) is 0 Å². The number of aromatic amines is 1. The van der Waals surface area contributed by atoms with Gasteiger partial charge in [0.15, 0.2) is 0 Å². The summed E-state index contributed by atoms with van der Waals surface area (Å²) in [6.45, 7) is 7.41. The van der Waals surface area contributed by atoms with Crippen LogP contribution in [0.3, 0.4) is 0 Å². The van der Waals surface area contributed by atoms with Gasteiger partial charge in [-0.3, -0.25) is 5.10 Å². The van der Waals surface area contributed by atoms with Gasteiger partial charge in [0.25, 0.3) is 0 Å². The fourth-order valence-electron chi connectivity index (χ4n) is 1.91. The van der Waals surface area contributed by atoms with E-state index < -0.39 is 0 Å². The fourth-order valence-corrected chi connectivity index (χ4v) is 1.91. The molecule has 4 nitrogen and oxygen atoms in total. The maximum Gasteiger partial charge on any atom is 0.0656 e. The van der Waals surface area contributed by atoms with E-state index in [0.29, 0.717) is 6.04 Å². The zero-order valence-corrected chi connectivity index (χ0v) is 10.9. The lowest BCUT2D eigenvalue weighted by Crippen LogP contribution is -2.36. The van der Waals surface area contributed by atoms with E-state index in [9.17, 15) is 0 Å². The molecule has 1 heterocycles. The molecule has 1 aliphatic rings. The zero-order valence-electron chi connectivity index (χ0n) is 10.9. The minimum Gasteiger partial charge on any atom is -0.315 e. The topological polar surface area (TPSA) is 52.7 Å². The second-order valence-corrected chi connectivity index (χ2v) is 5.08. The molecule has 0 amide bonds. The first kappa shape index (κ1) is 12.6. The van der Waals surface area contributed by atoms with E-state index in [1.165, 1.54) is 30.7 Å². The summed E-state index contributed by atoms with van der Waals surface area (Å²) in [4.78, 5) is 0. The number of rotatable bonds is 8. The molecule has 17 heavy (non-hydrogen) atoms. The Labute approximate surface area is 104 Å². The second kappa shape index (κ2) is 6.17. The Balaban J connectivity index is 1.65. The van der Waals surface area contributed by atoms with Crippen molar-refractivity contribution < 1.29 is 0 Å². The molecule has 96 valence electrons. The molecule has 1 saturated carbocycles. The van der Waals surface area contributed by atoms with Crippen molar-refractivity contribution in [2.75, 3.05) is 13.1 Å². The Bertz CT molecular complexity index is 330. The lowest BCUT2D eigenvalue weighted by molar-refractivity contribution is 0.497. The molecule has 0 aromatic carbocycles. The number of aromatic nitrogens is 2. The molecule has 4 heteroatoms. The molecular weight excluding hydrogens is 212 g/mol. The van der Waals surface area contributed by atoms with Gasteiger partial charge in [-0.05, 0) is 38.8 Å². The molecule has 1 unspecified atom stereocenters. The van der Waals surface area contributed by atoms with Gasteiger partial charge >= 0.3 is 0 Å². The van der Waals surface area contributed by atoms with Gasteiger partial charge in [-0.1, -0.05) is 6.92 Å². The third-order valence-electron chi connectivity index (χ3n) is 3.16. The molecule has 0 saturated heterocycles. The van der Waals surface area contributed by atoms with E-state index >= 15 is 0 Å². The summed E-state index contributed by atoms with van der Waals surface area (Å²) in [7, 11) is 0. The third kappa shape index (κ3) is 4.13. The lowest BCUT2D eigenvalue weighted by Gasteiger charge is -2.13. The van der Waals surface area contributed by atoms with Gasteiger partial charge in [0.05, 0.1) is 5.69 Å². The van der Waals surface area contributed by atoms with Crippen LogP contribution >= 0.6 is 0 Å². The number of H-pyrrole nitrogens is 1. The summed E-state index contributed by atoms with van der Waals surface area (Å²) < 4.78 is 0. The molecule has 0 spiro atoms. The quantitative estimate of drug-likeness (QED) is 0.603. The van der Waals surface area contributed by atoms with Crippen LogP contribution < -0.4 is 10.6 Å². The van der Waals surface area contributed by atoms with E-state index in [1.54, 1.807) is 0 Å². The van der Waals surface area contributed by atoms with E-state index in [-0.39, 0.29) is 0 Å². The highest BCUT2D eigenvalue weighted by molar-refractivity contribution is 5.17. The standard InChI is InChI=1S/C13H24N4/c1-3-6-14-8-10(2)15-9-12-7-13(17-16-12)11-4-5-11/h7,10-11,14-15H,3-6,8-9H2,1-2H3,(H,16,17). The summed E-state index contributed by atoms with van der Waals surface area (Å²) in [5.41, 5.74) is 2.45. The minimum absolute atomic E-state index is 0.495. The molecule has 1 aromatic rings. The van der Waals surface area contributed by atoms with Crippen molar-refractivity contribution in [2.24, 2.45) is 0 Å². The smallest absolute Gasteiger partial charge is 0.0656 e. The predicted molar refractivity (Wildman–Crippen MR) is 70.0 cm³/mol. The number of nitrogens with zero attached hydrogens (tertiary/aromatic N) is 1. The highest BCUT2D eigenvalue weighted by atomic mass is 15.1. The molecule has 1 fully saturated rings. The van der Waals surface area contributed by atoms with Crippen molar-refractivity contribution in [1.82, 2.24) is 20.8 Å². The summed E-state index contributed by atoms with van der Waals surface area (Å²) in [6, 6.07) is 2.70. The highest BCUT2D eigenvalue weighted by Crippen LogP contribution is 2.38. The fraction of sp³-hybridized carbons (Fsp3) is 0.769. The maximum absolute atomic E-state index is 4.35. The molecular formula is C13H24N4. The first-order chi connectivity index (χ1) is 8.29. The summed E-state index contributed by atoms with van der Waals surface area (Å²) in [5.74, 6) is 0.739. The van der Waals surface area contributed by atoms with Crippen LogP contribution in [0.5, 0.6) is 0 Å². The van der Waals surface area contributed by atoms with Gasteiger partial charge in [-0.15, -0.1) is 0 Å². The van der Waals surface area contributed by atoms with Crippen molar-refractivity contribution in [2.45, 2.75) is 51.6 Å². The largest absolute Gasteiger partial charge is 0.315 e. The Morgan fingerprint density at radius 1 is 1.53 bits per heavy atom. The number of hydrogen-bond donors (Lipinski definition) is 3. The minimum atomic E-state index is 0.495. The predicted octanol–water partition coefficient (Wildman–Crippen LogP) is 1.76. The van der Waals surface area contributed by atoms with Gasteiger partial charge in [-0.25, -0.2) is 0 Å². The van der Waals surface area contributed by atoms with Gasteiger partial charge in [-0.2, -0.15) is 5.10 Å². The molecule has 0 bridgehead atoms. The molecule has 1 aromatic heterocycles. The Morgan fingerprint density at radius 3 is 3.06 bits per heavy atom. The Kier molecular flexibility index (Phi) is 4.57. The van der Waals surface area contributed by atoms with Crippen molar-refractivity contribution in [3.63, 3.8) is 0 Å². The molecule has 1 atom stereocenters. The van der Waals surface area contributed by atoms with Crippen molar-refractivity contribution in [1.29, 1.82) is 0 Å². The average Bonchev–Trinajstić information content (AvgIpc) is 3.07. The van der Waals surface area contributed by atoms with Crippen molar-refractivity contribution >= 4 is 0 Å². The van der Waals surface area contributed by atoms with Crippen LogP contribution in [0.2, 0.25) is 0 Å². The van der Waals surface area contributed by atoms with Gasteiger partial charge in [0.2, 0.25) is 0 Å². The summed E-state index contributed by atoms with van der Waals surface area (Å²) in [5, 5.41) is 14.4. The number of nitrogens with one attached hydrogen (secondary N) is 3. The van der Waals surface area contributed by atoms with E-state index in [2.05, 4.69) is 40.7 Å². The van der Waals surface area contributed by atoms with Crippen LogP contribution in [0, 0.1) is 0 Å². The van der Waals surface area contributed by atoms with E-state index in [0.717, 1.165) is 25.6 Å². The molecule has 0 radical (unpaired) electrons. The van der Waals surface area contributed by atoms with E-state index in [4.69, 9.17) is 0 Å². The van der Waals surface area contributed by atoms with Gasteiger partial charge in [0, 0.05) is 30.7 Å². The van der Waals surface area contributed by atoms with Gasteiger partial charge < -0.3 is 10.6 Å². The van der Waals surface area contributed by atoms with Crippen LogP contribution in [-0.4, -0.2) is 29.3 Å². The monoisotopic (exact) mass is 236 g/mol. The van der Waals surface area contributed by atoms with E-state index in [1.807, 2.05) is 0 Å². The Morgan fingerprint density at radius 2 is 2.35 bits per heavy atom. The second-order valence-electron chi connectivity index (χ2n) is 5.08. The first-order valence-electron chi connectivity index (χ1n) is 6.78. The van der Waals surface area contributed by atoms with Crippen LogP contribution in [0.4, 0.5) is 0 Å². The maximum atomic E-state index is 4.35. The van der Waals surface area contributed by atoms with Crippen LogP contribution in [-0.2, 0) is 6.54 Å². The zero-order chi connectivity index (χ0) is 12.1. The molecule has 0 aliphatic heterocycles. The molecule has 1 aliphatic carbocycles. The third-order valence-corrected chi connectivity index (χ3v) is 3.16. The highest BCUT2D eigenvalue weighted by Gasteiger charge is 2.25. The SMILES string of the molecule is CCCNCC(C)NCc1cc(C2CC2)n[nH]1. The van der Waals surface area contributed by atoms with Crippen molar-refractivity contribution in [3.05, 3.63) is 17.5 Å². The Hall–Kier alpha value is -0.870. The van der Waals surface area contributed by atoms with Crippen LogP contribution in [0.1, 0.15) is 50.4 Å². The molecule has 2 rings (SSSR count). The van der Waals surface area contributed by atoms with Crippen molar-refractivity contribution in [3.8, 4) is 0 Å². The summed E-state index contributed by atoms with van der Waals surface area (Å²) in [6.07, 6.45) is 3.82. The average molecular weight is 236 g/mol. The normalized spacial score (nSPS) is 17.3.